The number of aryl methyl sites for hydroxylation is 1. The van der Waals surface area contributed by atoms with Crippen LogP contribution in [0.4, 0.5) is 0 Å². The topological polar surface area (TPSA) is 293 Å². The summed E-state index contributed by atoms with van der Waals surface area (Å²) in [5, 5.41) is 12.9. The van der Waals surface area contributed by atoms with E-state index in [9.17, 15) is 32.4 Å². The Hall–Kier alpha value is -6.38. The molecule has 0 aliphatic carbocycles. The number of likely N-dealkylation sites (N-methyl/N-ethyl adjacent to an activating group) is 1. The molecule has 5 rings (SSSR count). The number of carbonyl (C=O) groups is 5. The Kier molecular flexibility index (Phi) is 20.1. The number of fused-ring (bicyclic) bond motifs is 5. The molecule has 12 N–H and O–H groups in total. The molecule has 2 unspecified atom stereocenters. The molecule has 4 aromatic rings. The molecular formula is C47H63N9O9S. The van der Waals surface area contributed by atoms with Gasteiger partial charge in [-0.15, -0.1) is 0 Å². The summed E-state index contributed by atoms with van der Waals surface area (Å²) in [6.07, 6.45) is 4.13. The van der Waals surface area contributed by atoms with E-state index < -0.39 is 64.4 Å². The zero-order chi connectivity index (χ0) is 48.4. The fourth-order valence-electron chi connectivity index (χ4n) is 6.88. The van der Waals surface area contributed by atoms with Gasteiger partial charge in [-0.05, 0) is 96.9 Å². The van der Waals surface area contributed by atoms with Crippen molar-refractivity contribution in [2.24, 2.45) is 22.3 Å². The van der Waals surface area contributed by atoms with E-state index in [1.54, 1.807) is 53.3 Å². The van der Waals surface area contributed by atoms with E-state index in [4.69, 9.17) is 31.8 Å². The van der Waals surface area contributed by atoms with Crippen LogP contribution in [0.5, 0.6) is 11.5 Å². The second-order valence-electron chi connectivity index (χ2n) is 15.6. The van der Waals surface area contributed by atoms with Crippen LogP contribution >= 0.6 is 0 Å². The Morgan fingerprint density at radius 3 is 1.91 bits per heavy atom. The van der Waals surface area contributed by atoms with Crippen LogP contribution in [-0.2, 0) is 42.2 Å². The van der Waals surface area contributed by atoms with Crippen LogP contribution < -0.4 is 52.5 Å². The Morgan fingerprint density at radius 1 is 0.773 bits per heavy atom. The van der Waals surface area contributed by atoms with Crippen LogP contribution in [0.25, 0.3) is 22.3 Å². The second kappa shape index (κ2) is 25.4. The second-order valence-corrected chi connectivity index (χ2v) is 16.9. The molecule has 0 fully saturated rings. The van der Waals surface area contributed by atoms with E-state index in [0.29, 0.717) is 39.3 Å². The Balaban J connectivity index is 0.00000228. The predicted molar refractivity (Wildman–Crippen MR) is 253 cm³/mol. The highest BCUT2D eigenvalue weighted by atomic mass is 32.2. The van der Waals surface area contributed by atoms with Gasteiger partial charge in [0, 0.05) is 43.2 Å². The van der Waals surface area contributed by atoms with Crippen molar-refractivity contribution in [2.45, 2.75) is 71.0 Å². The Morgan fingerprint density at radius 2 is 1.35 bits per heavy atom. The lowest BCUT2D eigenvalue weighted by Crippen LogP contribution is -2.56. The molecule has 0 aromatic heterocycles. The smallest absolute Gasteiger partial charge is 0.298 e. The average molecular weight is 930 g/mol. The van der Waals surface area contributed by atoms with Gasteiger partial charge in [0.2, 0.25) is 17.7 Å². The molecule has 18 nitrogen and oxygen atoms in total. The SMILES string of the molecule is CCCCc1ccc(-c2ccc(C(=O)NCC(=O)N(C)C3C(=O)N[C@@H](C)C(=O)NC(C(=O)NS(N)(=O)=O)Cc4ccc(OCCN)c(c4)-c4cc3ccc4OCCN)cc2)cc1.CCCN. The van der Waals surface area contributed by atoms with Crippen molar-refractivity contribution in [1.29, 1.82) is 0 Å². The summed E-state index contributed by atoms with van der Waals surface area (Å²) < 4.78 is 37.4. The largest absolute Gasteiger partial charge is 0.492 e. The third kappa shape index (κ3) is 15.1. The van der Waals surface area contributed by atoms with Gasteiger partial charge in [0.1, 0.15) is 42.8 Å². The van der Waals surface area contributed by atoms with Gasteiger partial charge in [-0.1, -0.05) is 68.8 Å². The summed E-state index contributed by atoms with van der Waals surface area (Å²) in [4.78, 5) is 69.3. The number of amides is 5. The lowest BCUT2D eigenvalue weighted by molar-refractivity contribution is -0.139. The molecule has 66 heavy (non-hydrogen) atoms. The molecular weight excluding hydrogens is 867 g/mol. The lowest BCUT2D eigenvalue weighted by atomic mass is 9.93. The van der Waals surface area contributed by atoms with Crippen molar-refractivity contribution in [3.63, 3.8) is 0 Å². The van der Waals surface area contributed by atoms with Gasteiger partial charge in [0.15, 0.2) is 0 Å². The minimum atomic E-state index is -4.52. The fraction of sp³-hybridized carbons (Fsp3) is 0.383. The highest BCUT2D eigenvalue weighted by Crippen LogP contribution is 2.40. The molecule has 4 aromatic carbocycles. The van der Waals surface area contributed by atoms with Crippen LogP contribution in [0.1, 0.15) is 73.1 Å². The highest BCUT2D eigenvalue weighted by molar-refractivity contribution is 7.87. The molecule has 19 heteroatoms. The lowest BCUT2D eigenvalue weighted by Gasteiger charge is -2.30. The number of rotatable bonds is 17. The fourth-order valence-corrected chi connectivity index (χ4v) is 7.30. The third-order valence-corrected chi connectivity index (χ3v) is 10.9. The van der Waals surface area contributed by atoms with E-state index in [0.717, 1.165) is 48.3 Å². The molecule has 3 atom stereocenters. The molecule has 1 aliphatic rings. The number of benzene rings is 4. The summed E-state index contributed by atoms with van der Waals surface area (Å²) in [5.41, 5.74) is 21.7. The van der Waals surface area contributed by atoms with Crippen molar-refractivity contribution < 1.29 is 41.9 Å². The summed E-state index contributed by atoms with van der Waals surface area (Å²) in [5.74, 6) is -3.24. The van der Waals surface area contributed by atoms with Crippen LogP contribution in [0.15, 0.2) is 84.9 Å². The molecule has 4 bridgehead atoms. The first-order valence-corrected chi connectivity index (χ1v) is 23.4. The number of nitrogens with one attached hydrogen (secondary N) is 4. The van der Waals surface area contributed by atoms with Crippen molar-refractivity contribution in [1.82, 2.24) is 25.6 Å². The molecule has 0 saturated carbocycles. The van der Waals surface area contributed by atoms with E-state index in [1.807, 2.05) is 24.3 Å². The molecule has 356 valence electrons. The Labute approximate surface area is 386 Å². The zero-order valence-electron chi connectivity index (χ0n) is 37.9. The average Bonchev–Trinajstić information content (AvgIpc) is 3.30. The van der Waals surface area contributed by atoms with Gasteiger partial charge < -0.3 is 47.5 Å². The molecule has 1 heterocycles. The van der Waals surface area contributed by atoms with Crippen LogP contribution in [0.3, 0.4) is 0 Å². The van der Waals surface area contributed by atoms with Crippen molar-refractivity contribution in [3.8, 4) is 33.8 Å². The highest BCUT2D eigenvalue weighted by Gasteiger charge is 2.34. The number of nitrogens with two attached hydrogens (primary N) is 4. The molecule has 0 radical (unpaired) electrons. The summed E-state index contributed by atoms with van der Waals surface area (Å²) in [7, 11) is -3.13. The van der Waals surface area contributed by atoms with E-state index in [-0.39, 0.29) is 32.7 Å². The van der Waals surface area contributed by atoms with E-state index >= 15 is 0 Å². The quantitative estimate of drug-likeness (QED) is 0.0757. The predicted octanol–water partition coefficient (Wildman–Crippen LogP) is 2.19. The summed E-state index contributed by atoms with van der Waals surface area (Å²) >= 11 is 0. The number of hydrogen-bond donors (Lipinski definition) is 8. The van der Waals surface area contributed by atoms with Gasteiger partial charge in [-0.3, -0.25) is 24.0 Å². The van der Waals surface area contributed by atoms with Gasteiger partial charge in [-0.25, -0.2) is 9.86 Å². The standard InChI is InChI=1S/C44H54N8O9S.C3H9N/c1-4-5-6-28-7-10-30(11-8-28)31-12-14-32(15-13-31)42(55)48-26-39(53)52(3)40-33-16-18-38(61-22-20-46)35(25-33)34-23-29(9-17-37(34)60-21-19-45)24-36(43(56)51-62(47,58)59)50-41(54)27(2)49-44(40)57;1-2-3-4/h7-18,23,25,27,36,40H,4-6,19-22,24,26,45-46H2,1-3H3,(H,48,55)(H,49,57)(H,50,54)(H,51,56)(H2,47,58,59);2-4H2,1H3/t27-,36?,40?;/m0./s1. The molecule has 0 saturated heterocycles. The third-order valence-electron chi connectivity index (χ3n) is 10.4. The van der Waals surface area contributed by atoms with Gasteiger partial charge in [-0.2, -0.15) is 8.42 Å². The number of unbranched alkanes of at least 4 members (excludes halogenated alkanes) is 1. The van der Waals surface area contributed by atoms with Gasteiger partial charge in [0.05, 0.1) is 6.54 Å². The number of hydrogen-bond acceptors (Lipinski definition) is 12. The molecule has 0 spiro atoms. The summed E-state index contributed by atoms with van der Waals surface area (Å²) in [6, 6.07) is 20.9. The van der Waals surface area contributed by atoms with Crippen molar-refractivity contribution in [2.75, 3.05) is 46.4 Å². The van der Waals surface area contributed by atoms with Crippen LogP contribution in [0.2, 0.25) is 0 Å². The Bertz CT molecular complexity index is 2400. The normalized spacial score (nSPS) is 16.0. The first-order valence-electron chi connectivity index (χ1n) is 21.8. The molecule has 5 amide bonds. The first-order chi connectivity index (χ1) is 31.5. The minimum Gasteiger partial charge on any atom is -0.492 e. The van der Waals surface area contributed by atoms with Crippen LogP contribution in [0, 0.1) is 0 Å². The number of carbonyl (C=O) groups excluding carboxylic acids is 5. The van der Waals surface area contributed by atoms with Crippen molar-refractivity contribution in [3.05, 3.63) is 107 Å². The van der Waals surface area contributed by atoms with E-state index in [2.05, 4.69) is 41.9 Å². The monoisotopic (exact) mass is 929 g/mol. The number of nitrogens with zero attached hydrogens (tertiary/aromatic N) is 1. The number of ether oxygens (including phenoxy) is 2. The van der Waals surface area contributed by atoms with Gasteiger partial charge in [0.25, 0.3) is 22.0 Å². The first kappa shape index (κ1) is 52.2. The molecule has 1 aliphatic heterocycles. The van der Waals surface area contributed by atoms with E-state index in [1.165, 1.54) is 19.5 Å². The zero-order valence-corrected chi connectivity index (χ0v) is 38.7. The maximum atomic E-state index is 14.3. The minimum absolute atomic E-state index is 0.112. The van der Waals surface area contributed by atoms with Crippen molar-refractivity contribution >= 4 is 39.7 Å². The van der Waals surface area contributed by atoms with Gasteiger partial charge >= 0.3 is 0 Å². The van der Waals surface area contributed by atoms with Crippen LogP contribution in [-0.4, -0.2) is 101 Å². The summed E-state index contributed by atoms with van der Waals surface area (Å²) in [6.45, 7) is 6.47. The maximum Gasteiger partial charge on any atom is 0.298 e. The maximum absolute atomic E-state index is 14.3.